The fourth-order valence-electron chi connectivity index (χ4n) is 2.10. The van der Waals surface area contributed by atoms with E-state index >= 15 is 0 Å². The predicted molar refractivity (Wildman–Crippen MR) is 75.1 cm³/mol. The van der Waals surface area contributed by atoms with Crippen molar-refractivity contribution in [2.24, 2.45) is 0 Å². The van der Waals surface area contributed by atoms with Gasteiger partial charge < -0.3 is 9.84 Å². The number of hydrogen-bond acceptors (Lipinski definition) is 2. The Kier molecular flexibility index (Phi) is 4.64. The molecule has 0 bridgehead atoms. The van der Waals surface area contributed by atoms with Gasteiger partial charge in [0.25, 0.3) is 0 Å². The van der Waals surface area contributed by atoms with E-state index in [-0.39, 0.29) is 6.10 Å². The zero-order valence-electron chi connectivity index (χ0n) is 9.75. The molecule has 1 fully saturated rings. The van der Waals surface area contributed by atoms with Gasteiger partial charge >= 0.3 is 0 Å². The summed E-state index contributed by atoms with van der Waals surface area (Å²) in [4.78, 5) is 0. The number of hydrogen-bond donors (Lipinski definition) is 1. The SMILES string of the molecule is Cc1cc(Br)c(C(O)C2CCCCO2)cc1Br. The molecule has 2 nitrogen and oxygen atoms in total. The van der Waals surface area contributed by atoms with Crippen LogP contribution in [0.15, 0.2) is 21.1 Å². The number of ether oxygens (including phenoxy) is 1. The van der Waals surface area contributed by atoms with Crippen LogP contribution in [-0.2, 0) is 4.74 Å². The lowest BCUT2D eigenvalue weighted by molar-refractivity contribution is -0.0636. The molecule has 1 aromatic carbocycles. The van der Waals surface area contributed by atoms with Crippen molar-refractivity contribution < 1.29 is 9.84 Å². The Balaban J connectivity index is 2.23. The Morgan fingerprint density at radius 3 is 2.71 bits per heavy atom. The second-order valence-electron chi connectivity index (χ2n) is 4.47. The molecule has 2 rings (SSSR count). The third-order valence-corrected chi connectivity index (χ3v) is 4.70. The maximum Gasteiger partial charge on any atom is 0.106 e. The highest BCUT2D eigenvalue weighted by Gasteiger charge is 2.25. The fraction of sp³-hybridized carbons (Fsp3) is 0.538. The van der Waals surface area contributed by atoms with Gasteiger partial charge in [-0.25, -0.2) is 0 Å². The molecule has 1 aromatic rings. The van der Waals surface area contributed by atoms with Crippen LogP contribution in [0.25, 0.3) is 0 Å². The van der Waals surface area contributed by atoms with E-state index in [2.05, 4.69) is 31.9 Å². The maximum atomic E-state index is 10.4. The molecule has 0 aliphatic carbocycles. The number of aryl methyl sites for hydroxylation is 1. The van der Waals surface area contributed by atoms with Crippen molar-refractivity contribution in [1.29, 1.82) is 0 Å². The van der Waals surface area contributed by atoms with E-state index in [1.807, 2.05) is 19.1 Å². The van der Waals surface area contributed by atoms with E-state index in [1.165, 1.54) is 0 Å². The Hall–Kier alpha value is 0.1000. The first-order valence-electron chi connectivity index (χ1n) is 5.85. The average Bonchev–Trinajstić information content (AvgIpc) is 2.34. The maximum absolute atomic E-state index is 10.4. The standard InChI is InChI=1S/C13H16Br2O2/c1-8-6-11(15)9(7-10(8)14)13(16)12-4-2-3-5-17-12/h6-7,12-13,16H,2-5H2,1H3. The molecule has 0 spiro atoms. The molecule has 0 radical (unpaired) electrons. The van der Waals surface area contributed by atoms with Crippen molar-refractivity contribution in [3.63, 3.8) is 0 Å². The highest BCUT2D eigenvalue weighted by molar-refractivity contribution is 9.11. The second-order valence-corrected chi connectivity index (χ2v) is 6.18. The zero-order valence-corrected chi connectivity index (χ0v) is 12.9. The summed E-state index contributed by atoms with van der Waals surface area (Å²) >= 11 is 7.01. The summed E-state index contributed by atoms with van der Waals surface area (Å²) in [5.41, 5.74) is 2.05. The van der Waals surface area contributed by atoms with Crippen molar-refractivity contribution in [3.8, 4) is 0 Å². The summed E-state index contributed by atoms with van der Waals surface area (Å²) < 4.78 is 7.60. The molecule has 2 atom stereocenters. The Morgan fingerprint density at radius 1 is 1.29 bits per heavy atom. The Labute approximate surface area is 119 Å². The average molecular weight is 364 g/mol. The lowest BCUT2D eigenvalue weighted by Crippen LogP contribution is -2.26. The van der Waals surface area contributed by atoms with Crippen molar-refractivity contribution in [1.82, 2.24) is 0 Å². The molecule has 1 aliphatic rings. The summed E-state index contributed by atoms with van der Waals surface area (Å²) in [6.07, 6.45) is 2.53. The van der Waals surface area contributed by atoms with Crippen LogP contribution in [0.1, 0.15) is 36.5 Å². The first-order valence-corrected chi connectivity index (χ1v) is 7.43. The number of aliphatic hydroxyl groups is 1. The lowest BCUT2D eigenvalue weighted by Gasteiger charge is -2.28. The quantitative estimate of drug-likeness (QED) is 0.856. The van der Waals surface area contributed by atoms with Gasteiger partial charge in [0.2, 0.25) is 0 Å². The zero-order chi connectivity index (χ0) is 12.4. The van der Waals surface area contributed by atoms with Gasteiger partial charge in [-0.15, -0.1) is 0 Å². The van der Waals surface area contributed by atoms with E-state index in [9.17, 15) is 5.11 Å². The third-order valence-electron chi connectivity index (χ3n) is 3.16. The second kappa shape index (κ2) is 5.83. The van der Waals surface area contributed by atoms with Gasteiger partial charge in [-0.1, -0.05) is 31.9 Å². The van der Waals surface area contributed by atoms with Gasteiger partial charge in [0, 0.05) is 15.6 Å². The summed E-state index contributed by atoms with van der Waals surface area (Å²) in [7, 11) is 0. The molecule has 0 amide bonds. The van der Waals surface area contributed by atoms with Crippen LogP contribution in [0, 0.1) is 6.92 Å². The normalized spacial score (nSPS) is 22.5. The topological polar surface area (TPSA) is 29.5 Å². The van der Waals surface area contributed by atoms with Crippen molar-refractivity contribution in [2.75, 3.05) is 6.61 Å². The lowest BCUT2D eigenvalue weighted by atomic mass is 9.97. The Morgan fingerprint density at radius 2 is 2.06 bits per heavy atom. The molecular weight excluding hydrogens is 348 g/mol. The van der Waals surface area contributed by atoms with E-state index in [0.29, 0.717) is 0 Å². The van der Waals surface area contributed by atoms with Gasteiger partial charge in [0.05, 0.1) is 6.10 Å². The minimum Gasteiger partial charge on any atom is -0.386 e. The Bertz CT molecular complexity index is 401. The van der Waals surface area contributed by atoms with Gasteiger partial charge in [-0.3, -0.25) is 0 Å². The molecule has 94 valence electrons. The van der Waals surface area contributed by atoms with Crippen molar-refractivity contribution in [3.05, 3.63) is 32.2 Å². The van der Waals surface area contributed by atoms with Gasteiger partial charge in [0.15, 0.2) is 0 Å². The summed E-state index contributed by atoms with van der Waals surface area (Å²) in [5, 5.41) is 10.4. The third kappa shape index (κ3) is 3.11. The molecule has 0 aromatic heterocycles. The van der Waals surface area contributed by atoms with E-state index in [1.54, 1.807) is 0 Å². The predicted octanol–water partition coefficient (Wildman–Crippen LogP) is 4.12. The summed E-state index contributed by atoms with van der Waals surface area (Å²) in [6.45, 7) is 2.79. The van der Waals surface area contributed by atoms with Gasteiger partial charge in [-0.2, -0.15) is 0 Å². The smallest absolute Gasteiger partial charge is 0.106 e. The number of aliphatic hydroxyl groups excluding tert-OH is 1. The largest absolute Gasteiger partial charge is 0.386 e. The molecule has 1 saturated heterocycles. The van der Waals surface area contributed by atoms with E-state index in [4.69, 9.17) is 4.74 Å². The molecule has 1 N–H and O–H groups in total. The first kappa shape index (κ1) is 13.5. The molecule has 4 heteroatoms. The molecule has 2 unspecified atom stereocenters. The van der Waals surface area contributed by atoms with Crippen LogP contribution in [0.4, 0.5) is 0 Å². The number of halogens is 2. The molecule has 1 aliphatic heterocycles. The first-order chi connectivity index (χ1) is 8.09. The van der Waals surface area contributed by atoms with Crippen LogP contribution < -0.4 is 0 Å². The van der Waals surface area contributed by atoms with E-state index < -0.39 is 6.10 Å². The van der Waals surface area contributed by atoms with Crippen LogP contribution in [0.3, 0.4) is 0 Å². The fourth-order valence-corrected chi connectivity index (χ4v) is 3.16. The molecule has 1 heterocycles. The molecule has 0 saturated carbocycles. The van der Waals surface area contributed by atoms with Crippen LogP contribution >= 0.6 is 31.9 Å². The van der Waals surface area contributed by atoms with Crippen molar-refractivity contribution in [2.45, 2.75) is 38.4 Å². The highest BCUT2D eigenvalue weighted by atomic mass is 79.9. The minimum atomic E-state index is -0.554. The van der Waals surface area contributed by atoms with Gasteiger partial charge in [0.1, 0.15) is 6.10 Å². The van der Waals surface area contributed by atoms with E-state index in [0.717, 1.165) is 45.9 Å². The molecular formula is C13H16Br2O2. The minimum absolute atomic E-state index is 0.0744. The number of rotatable bonds is 2. The summed E-state index contributed by atoms with van der Waals surface area (Å²) in [6, 6.07) is 3.99. The molecule has 17 heavy (non-hydrogen) atoms. The summed E-state index contributed by atoms with van der Waals surface area (Å²) in [5.74, 6) is 0. The van der Waals surface area contributed by atoms with Crippen LogP contribution in [0.5, 0.6) is 0 Å². The highest BCUT2D eigenvalue weighted by Crippen LogP contribution is 2.34. The van der Waals surface area contributed by atoms with Gasteiger partial charge in [-0.05, 0) is 49.4 Å². The van der Waals surface area contributed by atoms with Crippen molar-refractivity contribution >= 4 is 31.9 Å². The van der Waals surface area contributed by atoms with Crippen LogP contribution in [-0.4, -0.2) is 17.8 Å². The number of benzene rings is 1. The van der Waals surface area contributed by atoms with Crippen LogP contribution in [0.2, 0.25) is 0 Å². The monoisotopic (exact) mass is 362 g/mol.